The van der Waals surface area contributed by atoms with Crippen LogP contribution in [0.1, 0.15) is 6.92 Å². The molecule has 5 heteroatoms. The average molecular weight is 306 g/mol. The Morgan fingerprint density at radius 1 is 1.47 bits per heavy atom. The number of ether oxygens (including phenoxy) is 2. The van der Waals surface area contributed by atoms with Crippen molar-refractivity contribution in [1.29, 1.82) is 0 Å². The molecule has 0 spiro atoms. The standard InChI is InChI=1S/C12H17BrFNO2/c1-9(8-16-2)15-5-6-17-12-7-10(13)3-4-11(12)14/h3-4,7,9,15H,5-6,8H2,1-2H3. The zero-order valence-electron chi connectivity index (χ0n) is 10.0. The van der Waals surface area contributed by atoms with Crippen LogP contribution in [0.5, 0.6) is 5.75 Å². The molecule has 0 saturated carbocycles. The van der Waals surface area contributed by atoms with Crippen molar-refractivity contribution in [2.45, 2.75) is 13.0 Å². The van der Waals surface area contributed by atoms with Gasteiger partial charge in [-0.25, -0.2) is 4.39 Å². The Labute approximate surface area is 109 Å². The Morgan fingerprint density at radius 3 is 2.94 bits per heavy atom. The smallest absolute Gasteiger partial charge is 0.165 e. The molecule has 0 fully saturated rings. The number of rotatable bonds is 7. The lowest BCUT2D eigenvalue weighted by Gasteiger charge is -2.13. The number of methoxy groups -OCH3 is 1. The van der Waals surface area contributed by atoms with Gasteiger partial charge in [0.15, 0.2) is 11.6 Å². The highest BCUT2D eigenvalue weighted by Gasteiger charge is 2.04. The number of hydrogen-bond donors (Lipinski definition) is 1. The number of hydrogen-bond acceptors (Lipinski definition) is 3. The molecule has 0 bridgehead atoms. The summed E-state index contributed by atoms with van der Waals surface area (Å²) >= 11 is 3.27. The van der Waals surface area contributed by atoms with Crippen LogP contribution in [0.2, 0.25) is 0 Å². The second-order valence-corrected chi connectivity index (χ2v) is 4.65. The van der Waals surface area contributed by atoms with Gasteiger partial charge in [0.25, 0.3) is 0 Å². The van der Waals surface area contributed by atoms with Gasteiger partial charge in [-0.3, -0.25) is 0 Å². The van der Waals surface area contributed by atoms with Gasteiger partial charge in [0.05, 0.1) is 6.61 Å². The number of halogens is 2. The summed E-state index contributed by atoms with van der Waals surface area (Å²) in [7, 11) is 1.66. The normalized spacial score (nSPS) is 12.5. The van der Waals surface area contributed by atoms with E-state index in [-0.39, 0.29) is 17.6 Å². The average Bonchev–Trinajstić information content (AvgIpc) is 2.29. The predicted molar refractivity (Wildman–Crippen MR) is 68.9 cm³/mol. The van der Waals surface area contributed by atoms with Gasteiger partial charge in [0, 0.05) is 24.2 Å². The second-order valence-electron chi connectivity index (χ2n) is 3.73. The minimum atomic E-state index is -0.349. The first-order valence-electron chi connectivity index (χ1n) is 5.43. The minimum Gasteiger partial charge on any atom is -0.489 e. The molecule has 3 nitrogen and oxygen atoms in total. The molecule has 1 rings (SSSR count). The van der Waals surface area contributed by atoms with E-state index in [0.717, 1.165) is 4.47 Å². The van der Waals surface area contributed by atoms with Gasteiger partial charge in [-0.15, -0.1) is 0 Å². The third-order valence-electron chi connectivity index (χ3n) is 2.16. The van der Waals surface area contributed by atoms with Crippen LogP contribution < -0.4 is 10.1 Å². The van der Waals surface area contributed by atoms with Crippen molar-refractivity contribution in [1.82, 2.24) is 5.32 Å². The van der Waals surface area contributed by atoms with Crippen LogP contribution in [0.25, 0.3) is 0 Å². The maximum Gasteiger partial charge on any atom is 0.165 e. The van der Waals surface area contributed by atoms with Crippen molar-refractivity contribution in [3.63, 3.8) is 0 Å². The predicted octanol–water partition coefficient (Wildman–Crippen LogP) is 2.59. The van der Waals surface area contributed by atoms with E-state index in [4.69, 9.17) is 9.47 Å². The molecular weight excluding hydrogens is 289 g/mol. The molecule has 1 aromatic rings. The molecule has 17 heavy (non-hydrogen) atoms. The van der Waals surface area contributed by atoms with Gasteiger partial charge < -0.3 is 14.8 Å². The van der Waals surface area contributed by atoms with Crippen molar-refractivity contribution in [2.24, 2.45) is 0 Å². The van der Waals surface area contributed by atoms with E-state index in [1.54, 1.807) is 19.2 Å². The fraction of sp³-hybridized carbons (Fsp3) is 0.500. The zero-order chi connectivity index (χ0) is 12.7. The van der Waals surface area contributed by atoms with Crippen molar-refractivity contribution in [3.05, 3.63) is 28.5 Å². The van der Waals surface area contributed by atoms with Crippen molar-refractivity contribution < 1.29 is 13.9 Å². The van der Waals surface area contributed by atoms with Crippen LogP contribution in [0.3, 0.4) is 0 Å². The molecule has 1 unspecified atom stereocenters. The van der Waals surface area contributed by atoms with Crippen LogP contribution in [0.15, 0.2) is 22.7 Å². The lowest BCUT2D eigenvalue weighted by Crippen LogP contribution is -2.33. The molecular formula is C12H17BrFNO2. The summed E-state index contributed by atoms with van der Waals surface area (Å²) in [5.74, 6) is -0.0845. The lowest BCUT2D eigenvalue weighted by molar-refractivity contribution is 0.168. The van der Waals surface area contributed by atoms with Gasteiger partial charge >= 0.3 is 0 Å². The van der Waals surface area contributed by atoms with E-state index < -0.39 is 0 Å². The molecule has 1 atom stereocenters. The van der Waals surface area contributed by atoms with E-state index in [1.165, 1.54) is 6.07 Å². The third kappa shape index (κ3) is 5.48. The quantitative estimate of drug-likeness (QED) is 0.786. The summed E-state index contributed by atoms with van der Waals surface area (Å²) in [6.07, 6.45) is 0. The SMILES string of the molecule is COCC(C)NCCOc1cc(Br)ccc1F. The van der Waals surface area contributed by atoms with Crippen LogP contribution in [0.4, 0.5) is 4.39 Å². The van der Waals surface area contributed by atoms with Gasteiger partial charge in [-0.2, -0.15) is 0 Å². The second kappa shape index (κ2) is 7.63. The molecule has 0 amide bonds. The van der Waals surface area contributed by atoms with Crippen LogP contribution in [0, 0.1) is 5.82 Å². The maximum absolute atomic E-state index is 13.3. The Hall–Kier alpha value is -0.650. The molecule has 96 valence electrons. The highest BCUT2D eigenvalue weighted by molar-refractivity contribution is 9.10. The first-order chi connectivity index (χ1) is 8.13. The van der Waals surface area contributed by atoms with Gasteiger partial charge in [-0.05, 0) is 25.1 Å². The Kier molecular flexibility index (Phi) is 6.47. The maximum atomic E-state index is 13.3. The van der Waals surface area contributed by atoms with Crippen molar-refractivity contribution in [2.75, 3.05) is 26.9 Å². The third-order valence-corrected chi connectivity index (χ3v) is 2.66. The van der Waals surface area contributed by atoms with E-state index in [2.05, 4.69) is 21.2 Å². The summed E-state index contributed by atoms with van der Waals surface area (Å²) < 4.78 is 24.4. The van der Waals surface area contributed by atoms with Gasteiger partial charge in [0.1, 0.15) is 6.61 Å². The molecule has 0 aliphatic carbocycles. The molecule has 0 aliphatic rings. The van der Waals surface area contributed by atoms with Crippen molar-refractivity contribution >= 4 is 15.9 Å². The Morgan fingerprint density at radius 2 is 2.24 bits per heavy atom. The van der Waals surface area contributed by atoms with Crippen LogP contribution in [-0.2, 0) is 4.74 Å². The van der Waals surface area contributed by atoms with Crippen LogP contribution in [-0.4, -0.2) is 32.9 Å². The summed E-state index contributed by atoms with van der Waals surface area (Å²) in [6, 6.07) is 4.89. The Bertz CT molecular complexity index is 349. The molecule has 0 aromatic heterocycles. The number of benzene rings is 1. The molecule has 1 aromatic carbocycles. The first-order valence-corrected chi connectivity index (χ1v) is 6.23. The van der Waals surface area contributed by atoms with Crippen molar-refractivity contribution in [3.8, 4) is 5.75 Å². The van der Waals surface area contributed by atoms with Gasteiger partial charge in [-0.1, -0.05) is 15.9 Å². The van der Waals surface area contributed by atoms with E-state index >= 15 is 0 Å². The fourth-order valence-electron chi connectivity index (χ4n) is 1.36. The fourth-order valence-corrected chi connectivity index (χ4v) is 1.70. The first kappa shape index (κ1) is 14.4. The summed E-state index contributed by atoms with van der Waals surface area (Å²) in [6.45, 7) is 3.73. The molecule has 0 heterocycles. The summed E-state index contributed by atoms with van der Waals surface area (Å²) in [5, 5.41) is 3.20. The summed E-state index contributed by atoms with van der Waals surface area (Å²) in [5.41, 5.74) is 0. The molecule has 0 aliphatic heterocycles. The van der Waals surface area contributed by atoms with E-state index in [1.807, 2.05) is 6.92 Å². The lowest BCUT2D eigenvalue weighted by atomic mass is 10.3. The molecule has 0 saturated heterocycles. The summed E-state index contributed by atoms with van der Waals surface area (Å²) in [4.78, 5) is 0. The van der Waals surface area contributed by atoms with E-state index in [0.29, 0.717) is 19.8 Å². The topological polar surface area (TPSA) is 30.5 Å². The molecule has 1 N–H and O–H groups in total. The highest BCUT2D eigenvalue weighted by atomic mass is 79.9. The Balaban J connectivity index is 2.28. The zero-order valence-corrected chi connectivity index (χ0v) is 11.6. The van der Waals surface area contributed by atoms with Gasteiger partial charge in [0.2, 0.25) is 0 Å². The minimum absolute atomic E-state index is 0.260. The number of nitrogens with one attached hydrogen (secondary N) is 1. The van der Waals surface area contributed by atoms with E-state index in [9.17, 15) is 4.39 Å². The highest BCUT2D eigenvalue weighted by Crippen LogP contribution is 2.21. The largest absolute Gasteiger partial charge is 0.489 e. The monoisotopic (exact) mass is 305 g/mol. The van der Waals surface area contributed by atoms with Crippen LogP contribution >= 0.6 is 15.9 Å². The molecule has 0 radical (unpaired) electrons.